The Hall–Kier alpha value is -1.89. The number of rotatable bonds is 7. The SMILES string of the molecule is CCc1nnc(SCC(=O)Nc2ccc(F)cc2)n1CC(C)C. The molecule has 2 aromatic rings. The largest absolute Gasteiger partial charge is 0.325 e. The van der Waals surface area contributed by atoms with Gasteiger partial charge in [-0.2, -0.15) is 0 Å². The molecule has 23 heavy (non-hydrogen) atoms. The maximum Gasteiger partial charge on any atom is 0.234 e. The molecule has 0 unspecified atom stereocenters. The van der Waals surface area contributed by atoms with Crippen LogP contribution in [0.3, 0.4) is 0 Å². The van der Waals surface area contributed by atoms with E-state index in [0.29, 0.717) is 11.6 Å². The lowest BCUT2D eigenvalue weighted by molar-refractivity contribution is -0.113. The topological polar surface area (TPSA) is 59.8 Å². The van der Waals surface area contributed by atoms with E-state index in [1.807, 2.05) is 6.92 Å². The number of nitrogens with one attached hydrogen (secondary N) is 1. The summed E-state index contributed by atoms with van der Waals surface area (Å²) < 4.78 is 14.9. The van der Waals surface area contributed by atoms with Crippen LogP contribution in [-0.4, -0.2) is 26.4 Å². The van der Waals surface area contributed by atoms with Gasteiger partial charge in [0.1, 0.15) is 11.6 Å². The molecule has 0 saturated carbocycles. The normalized spacial score (nSPS) is 11.0. The van der Waals surface area contributed by atoms with Gasteiger partial charge in [0.25, 0.3) is 0 Å². The summed E-state index contributed by atoms with van der Waals surface area (Å²) in [5.41, 5.74) is 0.579. The van der Waals surface area contributed by atoms with Gasteiger partial charge in [-0.1, -0.05) is 32.5 Å². The van der Waals surface area contributed by atoms with E-state index >= 15 is 0 Å². The highest BCUT2D eigenvalue weighted by molar-refractivity contribution is 7.99. The van der Waals surface area contributed by atoms with Gasteiger partial charge in [0.15, 0.2) is 5.16 Å². The Bertz CT molecular complexity index is 655. The molecule has 1 aromatic heterocycles. The molecular formula is C16H21FN4OS. The fraction of sp³-hybridized carbons (Fsp3) is 0.438. The van der Waals surface area contributed by atoms with Crippen LogP contribution in [-0.2, 0) is 17.8 Å². The van der Waals surface area contributed by atoms with Gasteiger partial charge < -0.3 is 9.88 Å². The smallest absolute Gasteiger partial charge is 0.234 e. The van der Waals surface area contributed by atoms with Crippen molar-refractivity contribution >= 4 is 23.4 Å². The van der Waals surface area contributed by atoms with Crippen LogP contribution in [0.1, 0.15) is 26.6 Å². The predicted octanol–water partition coefficient (Wildman–Crippen LogP) is 3.37. The first-order chi connectivity index (χ1) is 11.0. The Labute approximate surface area is 139 Å². The molecule has 0 atom stereocenters. The quantitative estimate of drug-likeness (QED) is 0.788. The second-order valence-electron chi connectivity index (χ2n) is 5.60. The average Bonchev–Trinajstić information content (AvgIpc) is 2.89. The zero-order chi connectivity index (χ0) is 16.8. The van der Waals surface area contributed by atoms with Crippen LogP contribution in [0, 0.1) is 11.7 Å². The predicted molar refractivity (Wildman–Crippen MR) is 90.0 cm³/mol. The average molecular weight is 336 g/mol. The van der Waals surface area contributed by atoms with Gasteiger partial charge in [-0.15, -0.1) is 10.2 Å². The van der Waals surface area contributed by atoms with Crippen LogP contribution in [0.25, 0.3) is 0 Å². The number of carbonyl (C=O) groups is 1. The third-order valence-electron chi connectivity index (χ3n) is 3.12. The van der Waals surface area contributed by atoms with Crippen LogP contribution >= 0.6 is 11.8 Å². The number of hydrogen-bond donors (Lipinski definition) is 1. The number of nitrogens with zero attached hydrogens (tertiary/aromatic N) is 3. The summed E-state index contributed by atoms with van der Waals surface area (Å²) >= 11 is 1.36. The molecule has 1 amide bonds. The summed E-state index contributed by atoms with van der Waals surface area (Å²) in [5, 5.41) is 11.8. The maximum absolute atomic E-state index is 12.8. The summed E-state index contributed by atoms with van der Waals surface area (Å²) in [5.74, 6) is 1.16. The Balaban J connectivity index is 1.96. The van der Waals surface area contributed by atoms with Crippen molar-refractivity contribution in [2.75, 3.05) is 11.1 Å². The number of amides is 1. The van der Waals surface area contributed by atoms with Crippen molar-refractivity contribution in [3.63, 3.8) is 0 Å². The molecular weight excluding hydrogens is 315 g/mol. The van der Waals surface area contributed by atoms with Crippen molar-refractivity contribution in [2.45, 2.75) is 38.9 Å². The molecule has 0 aliphatic carbocycles. The first-order valence-electron chi connectivity index (χ1n) is 7.60. The summed E-state index contributed by atoms with van der Waals surface area (Å²) in [7, 11) is 0. The van der Waals surface area contributed by atoms with Gasteiger partial charge in [0.05, 0.1) is 5.75 Å². The molecule has 1 heterocycles. The van der Waals surface area contributed by atoms with E-state index in [1.165, 1.54) is 36.0 Å². The molecule has 2 rings (SSSR count). The van der Waals surface area contributed by atoms with Gasteiger partial charge >= 0.3 is 0 Å². The first kappa shape index (κ1) is 17.5. The van der Waals surface area contributed by atoms with Crippen LogP contribution < -0.4 is 5.32 Å². The number of aryl methyl sites for hydroxylation is 1. The highest BCUT2D eigenvalue weighted by Crippen LogP contribution is 2.19. The van der Waals surface area contributed by atoms with E-state index in [-0.39, 0.29) is 17.5 Å². The van der Waals surface area contributed by atoms with Crippen molar-refractivity contribution in [1.82, 2.24) is 14.8 Å². The molecule has 1 aromatic carbocycles. The standard InChI is InChI=1S/C16H21FN4OS/c1-4-14-19-20-16(21(14)9-11(2)3)23-10-15(22)18-13-7-5-12(17)6-8-13/h5-8,11H,4,9-10H2,1-3H3,(H,18,22). The Kier molecular flexibility index (Phi) is 6.15. The van der Waals surface area contributed by atoms with Crippen LogP contribution in [0.2, 0.25) is 0 Å². The van der Waals surface area contributed by atoms with Gasteiger partial charge in [-0.05, 0) is 30.2 Å². The number of hydrogen-bond acceptors (Lipinski definition) is 4. The molecule has 1 N–H and O–H groups in total. The number of benzene rings is 1. The summed E-state index contributed by atoms with van der Waals surface area (Å²) in [6, 6.07) is 5.70. The second-order valence-corrected chi connectivity index (χ2v) is 6.54. The third kappa shape index (κ3) is 5.06. The molecule has 0 radical (unpaired) electrons. The monoisotopic (exact) mass is 336 g/mol. The molecule has 0 spiro atoms. The Morgan fingerprint density at radius 3 is 2.61 bits per heavy atom. The number of halogens is 1. The van der Waals surface area contributed by atoms with E-state index in [4.69, 9.17) is 0 Å². The number of carbonyl (C=O) groups excluding carboxylic acids is 1. The van der Waals surface area contributed by atoms with Crippen LogP contribution in [0.5, 0.6) is 0 Å². The summed E-state index contributed by atoms with van der Waals surface area (Å²) in [4.78, 5) is 12.0. The fourth-order valence-electron chi connectivity index (χ4n) is 2.10. The van der Waals surface area contributed by atoms with Crippen molar-refractivity contribution < 1.29 is 9.18 Å². The van der Waals surface area contributed by atoms with Gasteiger partial charge in [-0.3, -0.25) is 4.79 Å². The fourth-order valence-corrected chi connectivity index (χ4v) is 2.86. The zero-order valence-electron chi connectivity index (χ0n) is 13.5. The molecule has 0 bridgehead atoms. The van der Waals surface area contributed by atoms with Crippen molar-refractivity contribution in [3.05, 3.63) is 35.9 Å². The van der Waals surface area contributed by atoms with Gasteiger partial charge in [0, 0.05) is 18.7 Å². The van der Waals surface area contributed by atoms with E-state index in [9.17, 15) is 9.18 Å². The van der Waals surface area contributed by atoms with Crippen LogP contribution in [0.4, 0.5) is 10.1 Å². The summed E-state index contributed by atoms with van der Waals surface area (Å²) in [6.45, 7) is 7.14. The van der Waals surface area contributed by atoms with Crippen molar-refractivity contribution in [1.29, 1.82) is 0 Å². The van der Waals surface area contributed by atoms with E-state index in [0.717, 1.165) is 23.9 Å². The minimum atomic E-state index is -0.328. The molecule has 0 aliphatic heterocycles. The first-order valence-corrected chi connectivity index (χ1v) is 8.58. The second kappa shape index (κ2) is 8.10. The lowest BCUT2D eigenvalue weighted by atomic mass is 10.2. The number of anilines is 1. The third-order valence-corrected chi connectivity index (χ3v) is 4.08. The van der Waals surface area contributed by atoms with Crippen molar-refractivity contribution in [2.24, 2.45) is 5.92 Å². The molecule has 124 valence electrons. The van der Waals surface area contributed by atoms with E-state index in [2.05, 4.69) is 33.9 Å². The molecule has 0 saturated heterocycles. The molecule has 0 aliphatic rings. The Morgan fingerprint density at radius 1 is 1.30 bits per heavy atom. The van der Waals surface area contributed by atoms with Gasteiger partial charge in [0.2, 0.25) is 5.91 Å². The number of aromatic nitrogens is 3. The lowest BCUT2D eigenvalue weighted by Crippen LogP contribution is -2.15. The molecule has 0 fully saturated rings. The summed E-state index contributed by atoms with van der Waals surface area (Å²) in [6.07, 6.45) is 0.808. The Morgan fingerprint density at radius 2 is 2.00 bits per heavy atom. The highest BCUT2D eigenvalue weighted by Gasteiger charge is 2.14. The van der Waals surface area contributed by atoms with E-state index in [1.54, 1.807) is 0 Å². The highest BCUT2D eigenvalue weighted by atomic mass is 32.2. The maximum atomic E-state index is 12.8. The molecule has 5 nitrogen and oxygen atoms in total. The minimum absolute atomic E-state index is 0.154. The lowest BCUT2D eigenvalue weighted by Gasteiger charge is -2.11. The van der Waals surface area contributed by atoms with Gasteiger partial charge in [-0.25, -0.2) is 4.39 Å². The van der Waals surface area contributed by atoms with Crippen LogP contribution in [0.15, 0.2) is 29.4 Å². The number of thioether (sulfide) groups is 1. The zero-order valence-corrected chi connectivity index (χ0v) is 14.4. The minimum Gasteiger partial charge on any atom is -0.325 e. The molecule has 7 heteroatoms. The van der Waals surface area contributed by atoms with Crippen molar-refractivity contribution in [3.8, 4) is 0 Å². The van der Waals surface area contributed by atoms with E-state index < -0.39 is 0 Å².